The molecule has 200 valence electrons. The van der Waals surface area contributed by atoms with E-state index in [1.54, 1.807) is 32.9 Å². The number of H-pyrrole nitrogens is 1. The molecule has 9 heteroatoms. The molecule has 7 nitrogen and oxygen atoms in total. The zero-order chi connectivity index (χ0) is 27.6. The first kappa shape index (κ1) is 28.7. The Balaban J connectivity index is 2.04. The molecule has 1 aromatic heterocycles. The molecule has 2 aromatic carbocycles. The predicted octanol–water partition coefficient (Wildman–Crippen LogP) is 6.32. The molecule has 0 saturated carbocycles. The summed E-state index contributed by atoms with van der Waals surface area (Å²) in [5, 5.41) is 3.84. The number of hydrogen-bond acceptors (Lipinski definition) is 5. The lowest BCUT2D eigenvalue weighted by molar-refractivity contribution is -0.137. The van der Waals surface area contributed by atoms with Crippen LogP contribution in [0.3, 0.4) is 0 Å². The molecule has 0 radical (unpaired) electrons. The molecule has 0 aliphatic carbocycles. The van der Waals surface area contributed by atoms with Crippen molar-refractivity contribution < 1.29 is 23.0 Å². The van der Waals surface area contributed by atoms with Crippen LogP contribution in [0.2, 0.25) is 18.1 Å². The van der Waals surface area contributed by atoms with Crippen LogP contribution in [0.4, 0.5) is 4.79 Å². The molecular weight excluding hydrogens is 504 g/mol. The van der Waals surface area contributed by atoms with Gasteiger partial charge in [0, 0.05) is 22.2 Å². The van der Waals surface area contributed by atoms with Crippen molar-refractivity contribution >= 4 is 42.1 Å². The van der Waals surface area contributed by atoms with Gasteiger partial charge in [0.05, 0.1) is 0 Å². The van der Waals surface area contributed by atoms with Gasteiger partial charge >= 0.3 is 12.1 Å². The van der Waals surface area contributed by atoms with Gasteiger partial charge in [-0.2, -0.15) is 0 Å². The number of aromatic nitrogens is 1. The summed E-state index contributed by atoms with van der Waals surface area (Å²) in [6.45, 7) is 15.4. The highest BCUT2D eigenvalue weighted by Gasteiger charge is 2.42. The standard InChI is InChI=1S/C28H38N2O5SSi/c1-27(2,3)34-26(32)30-23(25(31)35-37(7,8)28(4,5)6)18-21-20-16-12-13-17-22(20)29-24(21)36(33)19-14-10-9-11-15-19/h9-17,23,29H,18H2,1-8H3,(H,30,32)/t23-,36?/m0/s1. The Hall–Kier alpha value is -2.91. The third-order valence-electron chi connectivity index (χ3n) is 6.46. The van der Waals surface area contributed by atoms with Gasteiger partial charge in [-0.25, -0.2) is 9.00 Å². The Morgan fingerprint density at radius 2 is 1.57 bits per heavy atom. The average Bonchev–Trinajstić information content (AvgIpc) is 3.15. The van der Waals surface area contributed by atoms with Crippen molar-refractivity contribution in [3.8, 4) is 0 Å². The fourth-order valence-electron chi connectivity index (χ4n) is 3.52. The maximum atomic E-state index is 13.6. The summed E-state index contributed by atoms with van der Waals surface area (Å²) in [7, 11) is -4.01. The molecule has 3 rings (SSSR count). The average molecular weight is 543 g/mol. The number of para-hydroxylation sites is 1. The molecule has 2 atom stereocenters. The van der Waals surface area contributed by atoms with E-state index in [2.05, 4.69) is 10.3 Å². The van der Waals surface area contributed by atoms with Gasteiger partial charge in [-0.3, -0.25) is 4.79 Å². The Kier molecular flexibility index (Phi) is 8.39. The van der Waals surface area contributed by atoms with E-state index in [-0.39, 0.29) is 11.5 Å². The smallest absolute Gasteiger partial charge is 0.408 e. The van der Waals surface area contributed by atoms with E-state index in [1.807, 2.05) is 76.3 Å². The number of hydrogen-bond donors (Lipinski definition) is 2. The maximum absolute atomic E-state index is 13.6. The predicted molar refractivity (Wildman–Crippen MR) is 150 cm³/mol. The van der Waals surface area contributed by atoms with Gasteiger partial charge in [0.1, 0.15) is 27.5 Å². The molecule has 0 aliphatic heterocycles. The number of alkyl carbamates (subject to hydrolysis) is 1. The first-order chi connectivity index (χ1) is 17.1. The number of fused-ring (bicyclic) bond motifs is 1. The third-order valence-corrected chi connectivity index (χ3v) is 12.2. The third kappa shape index (κ3) is 7.10. The minimum Gasteiger partial charge on any atom is -0.518 e. The monoisotopic (exact) mass is 542 g/mol. The van der Waals surface area contributed by atoms with Gasteiger partial charge in [-0.1, -0.05) is 57.2 Å². The summed E-state index contributed by atoms with van der Waals surface area (Å²) in [6.07, 6.45) is -0.625. The summed E-state index contributed by atoms with van der Waals surface area (Å²) >= 11 is 0. The molecule has 0 spiro atoms. The van der Waals surface area contributed by atoms with Crippen LogP contribution in [0.15, 0.2) is 64.5 Å². The van der Waals surface area contributed by atoms with Crippen LogP contribution in [-0.4, -0.2) is 41.2 Å². The van der Waals surface area contributed by atoms with Crippen LogP contribution in [0.5, 0.6) is 0 Å². The van der Waals surface area contributed by atoms with Crippen LogP contribution in [0.1, 0.15) is 47.1 Å². The van der Waals surface area contributed by atoms with Crippen molar-refractivity contribution in [2.45, 2.75) is 87.7 Å². The normalized spacial score (nSPS) is 14.2. The quantitative estimate of drug-likeness (QED) is 0.341. The van der Waals surface area contributed by atoms with Gasteiger partial charge < -0.3 is 19.5 Å². The second-order valence-corrected chi connectivity index (χ2v) is 17.8. The number of ether oxygens (including phenoxy) is 1. The van der Waals surface area contributed by atoms with Crippen molar-refractivity contribution in [3.63, 3.8) is 0 Å². The lowest BCUT2D eigenvalue weighted by Crippen LogP contribution is -2.51. The van der Waals surface area contributed by atoms with Gasteiger partial charge in [-0.15, -0.1) is 0 Å². The van der Waals surface area contributed by atoms with Crippen LogP contribution in [0.25, 0.3) is 10.9 Å². The lowest BCUT2D eigenvalue weighted by atomic mass is 10.1. The van der Waals surface area contributed by atoms with E-state index >= 15 is 0 Å². The van der Waals surface area contributed by atoms with Crippen molar-refractivity contribution in [1.29, 1.82) is 0 Å². The highest BCUT2D eigenvalue weighted by molar-refractivity contribution is 7.85. The zero-order valence-corrected chi connectivity index (χ0v) is 24.7. The SMILES string of the molecule is CC(C)(C)OC(=O)N[C@@H](Cc1c(S(=O)c2ccccc2)[nH]c2ccccc12)C(=O)O[Si](C)(C)C(C)(C)C. The Labute approximate surface area is 222 Å². The second kappa shape index (κ2) is 10.8. The number of amides is 1. The molecule has 0 fully saturated rings. The molecule has 1 amide bonds. The number of carbonyl (C=O) groups is 2. The molecule has 37 heavy (non-hydrogen) atoms. The fraction of sp³-hybridized carbons (Fsp3) is 0.429. The van der Waals surface area contributed by atoms with E-state index < -0.39 is 42.8 Å². The first-order valence-electron chi connectivity index (χ1n) is 12.4. The van der Waals surface area contributed by atoms with Gasteiger partial charge in [0.2, 0.25) is 0 Å². The van der Waals surface area contributed by atoms with Crippen molar-refractivity contribution in [1.82, 2.24) is 10.3 Å². The van der Waals surface area contributed by atoms with Gasteiger partial charge in [-0.05, 0) is 62.7 Å². The Morgan fingerprint density at radius 1 is 0.973 bits per heavy atom. The first-order valence-corrected chi connectivity index (χ1v) is 16.4. The molecule has 1 heterocycles. The Morgan fingerprint density at radius 3 is 2.16 bits per heavy atom. The minimum atomic E-state index is -2.48. The largest absolute Gasteiger partial charge is 0.518 e. The summed E-state index contributed by atoms with van der Waals surface area (Å²) in [6, 6.07) is 15.7. The number of rotatable bonds is 7. The molecule has 3 aromatic rings. The second-order valence-electron chi connectivity index (χ2n) is 11.6. The van der Waals surface area contributed by atoms with Crippen LogP contribution < -0.4 is 5.32 Å². The number of aromatic amines is 1. The van der Waals surface area contributed by atoms with Crippen LogP contribution in [0, 0.1) is 0 Å². The summed E-state index contributed by atoms with van der Waals surface area (Å²) in [4.78, 5) is 30.3. The summed E-state index contributed by atoms with van der Waals surface area (Å²) < 4.78 is 25.2. The zero-order valence-electron chi connectivity index (χ0n) is 22.9. The maximum Gasteiger partial charge on any atom is 0.408 e. The highest BCUT2D eigenvalue weighted by atomic mass is 32.2. The van der Waals surface area contributed by atoms with Crippen molar-refractivity contribution in [2.75, 3.05) is 0 Å². The van der Waals surface area contributed by atoms with Crippen LogP contribution in [-0.2, 0) is 31.2 Å². The number of carbonyl (C=O) groups excluding carboxylic acids is 2. The van der Waals surface area contributed by atoms with E-state index in [1.165, 1.54) is 0 Å². The lowest BCUT2D eigenvalue weighted by Gasteiger charge is -2.36. The van der Waals surface area contributed by atoms with Gasteiger partial charge in [0.25, 0.3) is 8.32 Å². The number of benzene rings is 2. The van der Waals surface area contributed by atoms with Crippen molar-refractivity contribution in [2.24, 2.45) is 0 Å². The van der Waals surface area contributed by atoms with E-state index in [0.717, 1.165) is 10.9 Å². The topological polar surface area (TPSA) is 97.5 Å². The molecule has 0 aliphatic rings. The minimum absolute atomic E-state index is 0.0879. The van der Waals surface area contributed by atoms with E-state index in [9.17, 15) is 13.8 Å². The summed E-state index contributed by atoms with van der Waals surface area (Å²) in [5.74, 6) is -0.529. The highest BCUT2D eigenvalue weighted by Crippen LogP contribution is 2.37. The molecule has 2 N–H and O–H groups in total. The van der Waals surface area contributed by atoms with Crippen LogP contribution >= 0.6 is 0 Å². The molecule has 0 saturated heterocycles. The van der Waals surface area contributed by atoms with Gasteiger partial charge in [0.15, 0.2) is 0 Å². The fourth-order valence-corrected chi connectivity index (χ4v) is 5.73. The summed E-state index contributed by atoms with van der Waals surface area (Å²) in [5.41, 5.74) is 0.746. The van der Waals surface area contributed by atoms with E-state index in [0.29, 0.717) is 15.5 Å². The molecule has 0 bridgehead atoms. The van der Waals surface area contributed by atoms with E-state index in [4.69, 9.17) is 9.16 Å². The number of nitrogens with one attached hydrogen (secondary N) is 2. The molecular formula is C28H38N2O5SSi. The van der Waals surface area contributed by atoms with Crippen molar-refractivity contribution in [3.05, 3.63) is 60.2 Å². The Bertz CT molecular complexity index is 1290. The molecule has 1 unspecified atom stereocenters.